The minimum atomic E-state index is 0.326. The van der Waals surface area contributed by atoms with Gasteiger partial charge in [-0.1, -0.05) is 28.4 Å². The number of rotatable bonds is 5. The second-order valence-corrected chi connectivity index (χ2v) is 5.13. The van der Waals surface area contributed by atoms with Crippen molar-refractivity contribution in [3.05, 3.63) is 46.5 Å². The van der Waals surface area contributed by atoms with E-state index in [1.165, 1.54) is 7.11 Å². The summed E-state index contributed by atoms with van der Waals surface area (Å²) < 4.78 is 15.4. The van der Waals surface area contributed by atoms with Crippen LogP contribution in [0.1, 0.15) is 5.89 Å². The fraction of sp³-hybridized carbons (Fsp3) is 0.143. The van der Waals surface area contributed by atoms with Crippen LogP contribution in [0.2, 0.25) is 10.0 Å². The molecule has 0 spiro atoms. The summed E-state index contributed by atoms with van der Waals surface area (Å²) in [6.45, 7) is 0.326. The summed E-state index contributed by atoms with van der Waals surface area (Å²) in [5.74, 6) is 1.79. The Morgan fingerprint density at radius 2 is 2.05 bits per heavy atom. The van der Waals surface area contributed by atoms with Gasteiger partial charge in [-0.3, -0.25) is 0 Å². The van der Waals surface area contributed by atoms with E-state index in [0.29, 0.717) is 45.5 Å². The lowest BCUT2D eigenvalue weighted by molar-refractivity contribution is 0.382. The lowest BCUT2D eigenvalue weighted by atomic mass is 10.3. The SMILES string of the molecule is COc1c(Cl)cc(NCc2nc(-c3ccco3)no2)cc1Cl. The predicted octanol–water partition coefficient (Wildman–Crippen LogP) is 4.26. The number of furan rings is 1. The monoisotopic (exact) mass is 339 g/mol. The maximum absolute atomic E-state index is 6.07. The third-order valence-electron chi connectivity index (χ3n) is 2.86. The predicted molar refractivity (Wildman–Crippen MR) is 82.3 cm³/mol. The molecule has 1 aromatic carbocycles. The second kappa shape index (κ2) is 6.29. The minimum Gasteiger partial charge on any atom is -0.494 e. The van der Waals surface area contributed by atoms with Crippen LogP contribution in [0.15, 0.2) is 39.5 Å². The van der Waals surface area contributed by atoms with E-state index in [0.717, 1.165) is 0 Å². The van der Waals surface area contributed by atoms with Crippen LogP contribution in [0.5, 0.6) is 5.75 Å². The molecule has 0 aliphatic heterocycles. The molecule has 3 rings (SSSR count). The molecule has 0 saturated carbocycles. The molecular formula is C14H11Cl2N3O3. The number of ether oxygens (including phenoxy) is 1. The third-order valence-corrected chi connectivity index (χ3v) is 3.42. The Bertz CT molecular complexity index is 748. The van der Waals surface area contributed by atoms with E-state index in [1.54, 1.807) is 30.5 Å². The van der Waals surface area contributed by atoms with E-state index in [-0.39, 0.29) is 0 Å². The number of anilines is 1. The van der Waals surface area contributed by atoms with Crippen LogP contribution < -0.4 is 10.1 Å². The highest BCUT2D eigenvalue weighted by Gasteiger charge is 2.12. The fourth-order valence-corrected chi connectivity index (χ4v) is 2.51. The molecule has 0 amide bonds. The largest absolute Gasteiger partial charge is 0.494 e. The molecule has 3 aromatic rings. The van der Waals surface area contributed by atoms with Gasteiger partial charge in [-0.15, -0.1) is 0 Å². The summed E-state index contributed by atoms with van der Waals surface area (Å²) in [6, 6.07) is 6.92. The van der Waals surface area contributed by atoms with Gasteiger partial charge < -0.3 is 19.0 Å². The first-order valence-electron chi connectivity index (χ1n) is 6.30. The van der Waals surface area contributed by atoms with Crippen molar-refractivity contribution in [3.8, 4) is 17.3 Å². The first-order chi connectivity index (χ1) is 10.7. The average molecular weight is 340 g/mol. The topological polar surface area (TPSA) is 73.3 Å². The molecule has 0 radical (unpaired) electrons. The van der Waals surface area contributed by atoms with Gasteiger partial charge in [0.1, 0.15) is 0 Å². The summed E-state index contributed by atoms with van der Waals surface area (Å²) in [7, 11) is 1.51. The quantitative estimate of drug-likeness (QED) is 0.748. The van der Waals surface area contributed by atoms with Gasteiger partial charge >= 0.3 is 0 Å². The maximum Gasteiger partial charge on any atom is 0.246 e. The van der Waals surface area contributed by atoms with Gasteiger partial charge in [-0.05, 0) is 24.3 Å². The molecular weight excluding hydrogens is 329 g/mol. The number of aromatic nitrogens is 2. The molecule has 6 nitrogen and oxygen atoms in total. The number of nitrogens with zero attached hydrogens (tertiary/aromatic N) is 2. The molecule has 0 atom stereocenters. The van der Waals surface area contributed by atoms with Gasteiger partial charge in [0.25, 0.3) is 0 Å². The summed E-state index contributed by atoms with van der Waals surface area (Å²) in [5.41, 5.74) is 0.716. The lowest BCUT2D eigenvalue weighted by Gasteiger charge is -2.09. The molecule has 2 heterocycles. The van der Waals surface area contributed by atoms with Gasteiger partial charge in [0, 0.05) is 5.69 Å². The highest BCUT2D eigenvalue weighted by molar-refractivity contribution is 6.37. The third kappa shape index (κ3) is 3.03. The smallest absolute Gasteiger partial charge is 0.246 e. The number of methoxy groups -OCH3 is 1. The zero-order valence-corrected chi connectivity index (χ0v) is 13.0. The number of benzene rings is 1. The Morgan fingerprint density at radius 3 is 2.68 bits per heavy atom. The number of hydrogen-bond acceptors (Lipinski definition) is 6. The van der Waals surface area contributed by atoms with Crippen molar-refractivity contribution in [1.29, 1.82) is 0 Å². The normalized spacial score (nSPS) is 10.7. The highest BCUT2D eigenvalue weighted by Crippen LogP contribution is 2.35. The minimum absolute atomic E-state index is 0.326. The van der Waals surface area contributed by atoms with Crippen LogP contribution in [0.3, 0.4) is 0 Å². The van der Waals surface area contributed by atoms with Gasteiger partial charge in [0.05, 0.1) is 30.0 Å². The zero-order chi connectivity index (χ0) is 15.5. The van der Waals surface area contributed by atoms with Crippen LogP contribution in [0.25, 0.3) is 11.6 Å². The number of nitrogens with one attached hydrogen (secondary N) is 1. The van der Waals surface area contributed by atoms with E-state index in [4.69, 9.17) is 36.9 Å². The first kappa shape index (κ1) is 14.7. The summed E-state index contributed by atoms with van der Waals surface area (Å²) in [4.78, 5) is 4.22. The van der Waals surface area contributed by atoms with Crippen molar-refractivity contribution in [3.63, 3.8) is 0 Å². The molecule has 0 unspecified atom stereocenters. The van der Waals surface area contributed by atoms with E-state index < -0.39 is 0 Å². The van der Waals surface area contributed by atoms with Crippen molar-refractivity contribution < 1.29 is 13.7 Å². The summed E-state index contributed by atoms with van der Waals surface area (Å²) in [6.07, 6.45) is 1.55. The van der Waals surface area contributed by atoms with Crippen LogP contribution in [0, 0.1) is 0 Å². The number of hydrogen-bond donors (Lipinski definition) is 1. The summed E-state index contributed by atoms with van der Waals surface area (Å²) in [5, 5.41) is 7.77. The van der Waals surface area contributed by atoms with Gasteiger partial charge in [-0.2, -0.15) is 4.98 Å². The molecule has 114 valence electrons. The number of halogens is 2. The summed E-state index contributed by atoms with van der Waals surface area (Å²) >= 11 is 12.1. The average Bonchev–Trinajstić information content (AvgIpc) is 3.16. The Kier molecular flexibility index (Phi) is 4.22. The van der Waals surface area contributed by atoms with Crippen molar-refractivity contribution >= 4 is 28.9 Å². The highest BCUT2D eigenvalue weighted by atomic mass is 35.5. The van der Waals surface area contributed by atoms with Crippen molar-refractivity contribution in [2.75, 3.05) is 12.4 Å². The maximum atomic E-state index is 6.07. The molecule has 0 fully saturated rings. The molecule has 2 aromatic heterocycles. The standard InChI is InChI=1S/C14H11Cl2N3O3/c1-20-13-9(15)5-8(6-10(13)16)17-7-12-18-14(19-22-12)11-3-2-4-21-11/h2-6,17H,7H2,1H3. The Hall–Kier alpha value is -2.18. The molecule has 0 aliphatic rings. The molecule has 0 bridgehead atoms. The molecule has 8 heteroatoms. The van der Waals surface area contributed by atoms with Crippen molar-refractivity contribution in [2.45, 2.75) is 6.54 Å². The second-order valence-electron chi connectivity index (χ2n) is 4.32. The molecule has 22 heavy (non-hydrogen) atoms. The van der Waals surface area contributed by atoms with Gasteiger partial charge in [0.2, 0.25) is 11.7 Å². The van der Waals surface area contributed by atoms with Gasteiger partial charge in [0.15, 0.2) is 11.5 Å². The first-order valence-corrected chi connectivity index (χ1v) is 7.06. The molecule has 1 N–H and O–H groups in total. The van der Waals surface area contributed by atoms with E-state index in [1.807, 2.05) is 0 Å². The van der Waals surface area contributed by atoms with E-state index >= 15 is 0 Å². The van der Waals surface area contributed by atoms with Crippen LogP contribution in [0.4, 0.5) is 5.69 Å². The van der Waals surface area contributed by atoms with E-state index in [9.17, 15) is 0 Å². The zero-order valence-electron chi connectivity index (χ0n) is 11.5. The Labute approximate surface area is 136 Å². The Balaban J connectivity index is 1.70. The van der Waals surface area contributed by atoms with Crippen LogP contribution in [-0.2, 0) is 6.54 Å². The van der Waals surface area contributed by atoms with Crippen LogP contribution >= 0.6 is 23.2 Å². The fourth-order valence-electron chi connectivity index (χ4n) is 1.87. The van der Waals surface area contributed by atoms with Crippen molar-refractivity contribution in [2.24, 2.45) is 0 Å². The van der Waals surface area contributed by atoms with Gasteiger partial charge in [-0.25, -0.2) is 0 Å². The molecule has 0 aliphatic carbocycles. The van der Waals surface area contributed by atoms with E-state index in [2.05, 4.69) is 15.5 Å². The van der Waals surface area contributed by atoms with Crippen molar-refractivity contribution in [1.82, 2.24) is 10.1 Å². The van der Waals surface area contributed by atoms with Crippen LogP contribution in [-0.4, -0.2) is 17.3 Å². The molecule has 0 saturated heterocycles. The lowest BCUT2D eigenvalue weighted by Crippen LogP contribution is -2.00. The Morgan fingerprint density at radius 1 is 1.27 bits per heavy atom.